The molecule has 0 unspecified atom stereocenters. The van der Waals surface area contributed by atoms with Crippen LogP contribution in [0.25, 0.3) is 11.0 Å². The molecular weight excluding hydrogens is 446 g/mol. The Morgan fingerprint density at radius 1 is 1.35 bits per heavy atom. The van der Waals surface area contributed by atoms with Crippen LogP contribution in [0.15, 0.2) is 29.6 Å². The predicted octanol–water partition coefficient (Wildman–Crippen LogP) is 2.60. The van der Waals surface area contributed by atoms with Crippen LogP contribution in [0.4, 0.5) is 11.5 Å². The van der Waals surface area contributed by atoms with Crippen molar-refractivity contribution < 1.29 is 14.5 Å². The Kier molecular flexibility index (Phi) is 7.60. The number of nitro benzene ring substituents is 1. The van der Waals surface area contributed by atoms with E-state index in [0.717, 1.165) is 5.39 Å². The number of ether oxygens (including phenoxy) is 1. The van der Waals surface area contributed by atoms with Crippen molar-refractivity contribution in [3.05, 3.63) is 45.1 Å². The van der Waals surface area contributed by atoms with Gasteiger partial charge in [0.2, 0.25) is 0 Å². The molecule has 0 bridgehead atoms. The molecule has 1 amide bonds. The molecule has 1 aromatic carbocycles. The lowest BCUT2D eigenvalue weighted by Crippen LogP contribution is -2.28. The minimum Gasteiger partial charge on any atom is -0.383 e. The normalized spacial score (nSPS) is 10.9. The molecule has 2 heterocycles. The fourth-order valence-electron chi connectivity index (χ4n) is 2.82. The highest BCUT2D eigenvalue weighted by atomic mass is 35.5. The van der Waals surface area contributed by atoms with E-state index in [1.807, 2.05) is 6.26 Å². The van der Waals surface area contributed by atoms with Gasteiger partial charge in [0.1, 0.15) is 11.4 Å². The van der Waals surface area contributed by atoms with Crippen LogP contribution in [0.5, 0.6) is 0 Å². The number of nitrogens with zero attached hydrogens (tertiary/aromatic N) is 5. The third-order valence-electron chi connectivity index (χ3n) is 4.27. The molecular formula is C18H20ClN7O4S. The monoisotopic (exact) mass is 465 g/mol. The number of methoxy groups -OCH3 is 1. The van der Waals surface area contributed by atoms with E-state index in [2.05, 4.69) is 25.7 Å². The molecule has 3 aromatic rings. The van der Waals surface area contributed by atoms with Gasteiger partial charge >= 0.3 is 0 Å². The Balaban J connectivity index is 1.74. The van der Waals surface area contributed by atoms with Crippen molar-refractivity contribution in [1.29, 1.82) is 0 Å². The number of carbonyl (C=O) groups is 1. The topological polar surface area (TPSA) is 137 Å². The number of rotatable bonds is 10. The standard InChI is InChI=1S/C18H20ClN7O4S/c1-30-8-6-20-15-13-10-22-25(16(13)24-18(23-15)31-2)7-5-21-17(27)12-9-11(19)3-4-14(12)26(28)29/h3-4,9-10H,5-8H2,1-2H3,(H,21,27)(H,20,23,24). The van der Waals surface area contributed by atoms with Crippen molar-refractivity contribution in [2.75, 3.05) is 38.4 Å². The Bertz CT molecular complexity index is 1110. The Morgan fingerprint density at radius 2 is 2.16 bits per heavy atom. The van der Waals surface area contributed by atoms with E-state index in [9.17, 15) is 14.9 Å². The van der Waals surface area contributed by atoms with Crippen molar-refractivity contribution in [2.24, 2.45) is 0 Å². The molecule has 11 nitrogen and oxygen atoms in total. The molecule has 0 spiro atoms. The van der Waals surface area contributed by atoms with Crippen molar-refractivity contribution in [3.63, 3.8) is 0 Å². The summed E-state index contributed by atoms with van der Waals surface area (Å²) in [5, 5.41) is 22.9. The van der Waals surface area contributed by atoms with Gasteiger partial charge in [-0.15, -0.1) is 0 Å². The molecule has 0 aliphatic heterocycles. The molecule has 164 valence electrons. The van der Waals surface area contributed by atoms with Crippen LogP contribution in [0, 0.1) is 10.1 Å². The average Bonchev–Trinajstić information content (AvgIpc) is 3.16. The maximum atomic E-state index is 12.5. The van der Waals surface area contributed by atoms with Gasteiger partial charge in [-0.05, 0) is 18.4 Å². The van der Waals surface area contributed by atoms with Crippen LogP contribution in [-0.2, 0) is 11.3 Å². The number of thioether (sulfide) groups is 1. The summed E-state index contributed by atoms with van der Waals surface area (Å²) in [6, 6.07) is 3.85. The second-order valence-corrected chi connectivity index (χ2v) is 7.47. The highest BCUT2D eigenvalue weighted by Crippen LogP contribution is 2.24. The Labute approximate surface area is 186 Å². The SMILES string of the molecule is COCCNc1nc(SC)nc2c1cnn2CCNC(=O)c1cc(Cl)ccc1[N+](=O)[O-]. The first-order valence-electron chi connectivity index (χ1n) is 9.17. The van der Waals surface area contributed by atoms with Crippen molar-refractivity contribution in [2.45, 2.75) is 11.7 Å². The van der Waals surface area contributed by atoms with E-state index in [1.54, 1.807) is 18.0 Å². The van der Waals surface area contributed by atoms with Gasteiger partial charge in [0.25, 0.3) is 11.6 Å². The average molecular weight is 466 g/mol. The lowest BCUT2D eigenvalue weighted by Gasteiger charge is -2.09. The smallest absolute Gasteiger partial charge is 0.282 e. The summed E-state index contributed by atoms with van der Waals surface area (Å²) in [6.07, 6.45) is 3.52. The lowest BCUT2D eigenvalue weighted by molar-refractivity contribution is -0.385. The van der Waals surface area contributed by atoms with Crippen molar-refractivity contribution in [1.82, 2.24) is 25.1 Å². The zero-order valence-corrected chi connectivity index (χ0v) is 18.4. The molecule has 3 rings (SSSR count). The highest BCUT2D eigenvalue weighted by Gasteiger charge is 2.20. The fraction of sp³-hybridized carbons (Fsp3) is 0.333. The van der Waals surface area contributed by atoms with Crippen LogP contribution in [-0.4, -0.2) is 63.6 Å². The molecule has 0 saturated carbocycles. The maximum Gasteiger partial charge on any atom is 0.282 e. The number of hydrogen-bond donors (Lipinski definition) is 2. The molecule has 0 aliphatic rings. The number of nitro groups is 1. The number of benzene rings is 1. The minimum atomic E-state index is -0.620. The van der Waals surface area contributed by atoms with Gasteiger partial charge in [-0.25, -0.2) is 14.6 Å². The zero-order valence-electron chi connectivity index (χ0n) is 16.8. The van der Waals surface area contributed by atoms with E-state index >= 15 is 0 Å². The first-order chi connectivity index (χ1) is 14.9. The summed E-state index contributed by atoms with van der Waals surface area (Å²) in [4.78, 5) is 32.0. The van der Waals surface area contributed by atoms with Gasteiger partial charge in [0.15, 0.2) is 10.8 Å². The van der Waals surface area contributed by atoms with E-state index in [-0.39, 0.29) is 22.8 Å². The van der Waals surface area contributed by atoms with Crippen LogP contribution >= 0.6 is 23.4 Å². The van der Waals surface area contributed by atoms with Crippen LogP contribution in [0.2, 0.25) is 5.02 Å². The third kappa shape index (κ3) is 5.40. The molecule has 0 radical (unpaired) electrons. The number of fused-ring (bicyclic) bond motifs is 1. The maximum absolute atomic E-state index is 12.5. The van der Waals surface area contributed by atoms with Gasteiger partial charge in [0, 0.05) is 31.3 Å². The number of amides is 1. The quantitative estimate of drug-likeness (QED) is 0.152. The molecule has 0 saturated heterocycles. The van der Waals surface area contributed by atoms with Gasteiger partial charge in [-0.1, -0.05) is 23.4 Å². The summed E-state index contributed by atoms with van der Waals surface area (Å²) in [6.45, 7) is 1.60. The lowest BCUT2D eigenvalue weighted by atomic mass is 10.1. The molecule has 0 aliphatic carbocycles. The largest absolute Gasteiger partial charge is 0.383 e. The summed E-state index contributed by atoms with van der Waals surface area (Å²) < 4.78 is 6.70. The second-order valence-electron chi connectivity index (χ2n) is 6.26. The third-order valence-corrected chi connectivity index (χ3v) is 5.05. The molecule has 13 heteroatoms. The minimum absolute atomic E-state index is 0.0977. The van der Waals surface area contributed by atoms with E-state index in [1.165, 1.54) is 30.0 Å². The number of nitrogens with one attached hydrogen (secondary N) is 2. The zero-order chi connectivity index (χ0) is 22.4. The van der Waals surface area contributed by atoms with E-state index in [0.29, 0.717) is 36.3 Å². The number of carbonyl (C=O) groups excluding carboxylic acids is 1. The molecule has 2 N–H and O–H groups in total. The van der Waals surface area contributed by atoms with Gasteiger partial charge in [-0.3, -0.25) is 14.9 Å². The first kappa shape index (κ1) is 22.7. The molecule has 0 fully saturated rings. The summed E-state index contributed by atoms with van der Waals surface area (Å²) in [5.41, 5.74) is 0.206. The van der Waals surface area contributed by atoms with Crippen molar-refractivity contribution >= 4 is 51.8 Å². The fourth-order valence-corrected chi connectivity index (χ4v) is 3.35. The summed E-state index contributed by atoms with van der Waals surface area (Å²) in [7, 11) is 1.62. The van der Waals surface area contributed by atoms with E-state index in [4.69, 9.17) is 16.3 Å². The number of aromatic nitrogens is 4. The van der Waals surface area contributed by atoms with Crippen molar-refractivity contribution in [3.8, 4) is 0 Å². The number of anilines is 1. The summed E-state index contributed by atoms with van der Waals surface area (Å²) in [5.74, 6) is 0.0586. The van der Waals surface area contributed by atoms with Gasteiger partial charge in [-0.2, -0.15) is 5.10 Å². The molecule has 2 aromatic heterocycles. The molecule has 0 atom stereocenters. The van der Waals surface area contributed by atoms with E-state index < -0.39 is 10.8 Å². The van der Waals surface area contributed by atoms with Crippen LogP contribution in [0.1, 0.15) is 10.4 Å². The number of hydrogen-bond acceptors (Lipinski definition) is 9. The Morgan fingerprint density at radius 3 is 2.87 bits per heavy atom. The number of halogens is 1. The van der Waals surface area contributed by atoms with Gasteiger partial charge < -0.3 is 15.4 Å². The first-order valence-corrected chi connectivity index (χ1v) is 10.8. The van der Waals surface area contributed by atoms with Gasteiger partial charge in [0.05, 0.1) is 29.7 Å². The Hall–Kier alpha value is -2.96. The van der Waals surface area contributed by atoms with Crippen LogP contribution in [0.3, 0.4) is 0 Å². The summed E-state index contributed by atoms with van der Waals surface area (Å²) >= 11 is 7.29. The molecule has 31 heavy (non-hydrogen) atoms. The second kappa shape index (κ2) is 10.4. The predicted molar refractivity (Wildman–Crippen MR) is 118 cm³/mol. The van der Waals surface area contributed by atoms with Crippen LogP contribution < -0.4 is 10.6 Å². The highest BCUT2D eigenvalue weighted by molar-refractivity contribution is 7.98.